The van der Waals surface area contributed by atoms with E-state index in [1.807, 2.05) is 23.9 Å². The Labute approximate surface area is 178 Å². The molecule has 1 fully saturated rings. The van der Waals surface area contributed by atoms with E-state index in [0.29, 0.717) is 18.8 Å². The summed E-state index contributed by atoms with van der Waals surface area (Å²) in [6.07, 6.45) is 0.130. The minimum absolute atomic E-state index is 0.130. The molecule has 0 aliphatic carbocycles. The number of nitrogens with zero attached hydrogens (tertiary/aromatic N) is 3. The zero-order valence-electron chi connectivity index (χ0n) is 16.9. The average Bonchev–Trinajstić information content (AvgIpc) is 3.42. The van der Waals surface area contributed by atoms with Crippen molar-refractivity contribution in [1.82, 2.24) is 15.1 Å². The number of anilines is 1. The van der Waals surface area contributed by atoms with Crippen LogP contribution >= 0.6 is 11.3 Å². The van der Waals surface area contributed by atoms with Gasteiger partial charge in [-0.05, 0) is 54.4 Å². The molecule has 1 aromatic carbocycles. The van der Waals surface area contributed by atoms with E-state index in [0.717, 1.165) is 22.5 Å². The van der Waals surface area contributed by atoms with Crippen molar-refractivity contribution in [3.05, 3.63) is 58.3 Å². The zero-order valence-corrected chi connectivity index (χ0v) is 17.7. The number of thiophene rings is 1. The summed E-state index contributed by atoms with van der Waals surface area (Å²) in [5.74, 6) is -1.18. The highest BCUT2D eigenvalue weighted by Crippen LogP contribution is 2.29. The molecule has 2 aromatic heterocycles. The Morgan fingerprint density at radius 1 is 1.33 bits per heavy atom. The van der Waals surface area contributed by atoms with Gasteiger partial charge in [-0.3, -0.25) is 14.3 Å². The quantitative estimate of drug-likeness (QED) is 0.656. The fourth-order valence-corrected chi connectivity index (χ4v) is 4.59. The maximum absolute atomic E-state index is 13.5. The summed E-state index contributed by atoms with van der Waals surface area (Å²) < 4.78 is 15.4. The molecule has 3 aromatic rings. The summed E-state index contributed by atoms with van der Waals surface area (Å²) in [5.41, 5.74) is 4.80. The first-order chi connectivity index (χ1) is 14.4. The van der Waals surface area contributed by atoms with Gasteiger partial charge in [0, 0.05) is 36.5 Å². The maximum Gasteiger partial charge on any atom is 0.227 e. The zero-order chi connectivity index (χ0) is 21.3. The molecule has 2 amide bonds. The van der Waals surface area contributed by atoms with Crippen molar-refractivity contribution in [1.29, 1.82) is 0 Å². The van der Waals surface area contributed by atoms with Crippen LogP contribution in [0.25, 0.3) is 11.1 Å². The number of carbonyl (C=O) groups is 2. The third kappa shape index (κ3) is 4.00. The van der Waals surface area contributed by atoms with Gasteiger partial charge < -0.3 is 10.2 Å². The van der Waals surface area contributed by atoms with Crippen LogP contribution in [0.15, 0.2) is 41.1 Å². The fourth-order valence-electron chi connectivity index (χ4n) is 3.95. The van der Waals surface area contributed by atoms with Crippen LogP contribution in [-0.4, -0.2) is 34.7 Å². The van der Waals surface area contributed by atoms with Crippen molar-refractivity contribution in [3.8, 4) is 11.1 Å². The first kappa shape index (κ1) is 20.3. The molecule has 0 saturated carbocycles. The molecule has 0 bridgehead atoms. The van der Waals surface area contributed by atoms with Gasteiger partial charge in [-0.15, -0.1) is 0 Å². The highest BCUT2D eigenvalue weighted by molar-refractivity contribution is 7.08. The monoisotopic (exact) mass is 426 g/mol. The molecule has 156 valence electrons. The van der Waals surface area contributed by atoms with Crippen LogP contribution < -0.4 is 10.2 Å². The lowest BCUT2D eigenvalue weighted by atomic mass is 10.1. The van der Waals surface area contributed by atoms with Crippen LogP contribution in [0, 0.1) is 25.6 Å². The molecule has 6 nitrogen and oxygen atoms in total. The van der Waals surface area contributed by atoms with E-state index in [1.54, 1.807) is 23.5 Å². The van der Waals surface area contributed by atoms with Crippen LogP contribution in [0.4, 0.5) is 10.1 Å². The molecule has 1 N–H and O–H groups in total. The summed E-state index contributed by atoms with van der Waals surface area (Å²) in [6.45, 7) is 5.25. The number of rotatable bonds is 6. The van der Waals surface area contributed by atoms with Gasteiger partial charge >= 0.3 is 0 Å². The normalized spacial score (nSPS) is 16.3. The lowest BCUT2D eigenvalue weighted by Gasteiger charge is -2.16. The first-order valence-corrected chi connectivity index (χ1v) is 10.8. The van der Waals surface area contributed by atoms with Crippen molar-refractivity contribution in [2.24, 2.45) is 5.92 Å². The van der Waals surface area contributed by atoms with E-state index < -0.39 is 11.7 Å². The van der Waals surface area contributed by atoms with Crippen LogP contribution in [0.3, 0.4) is 0 Å². The largest absolute Gasteiger partial charge is 0.354 e. The van der Waals surface area contributed by atoms with Gasteiger partial charge in [0.2, 0.25) is 11.8 Å². The third-order valence-electron chi connectivity index (χ3n) is 5.43. The van der Waals surface area contributed by atoms with Crippen LogP contribution in [0.5, 0.6) is 0 Å². The number of halogens is 1. The Kier molecular flexibility index (Phi) is 5.67. The molecule has 0 unspecified atom stereocenters. The van der Waals surface area contributed by atoms with Gasteiger partial charge in [0.1, 0.15) is 5.82 Å². The Morgan fingerprint density at radius 3 is 2.90 bits per heavy atom. The van der Waals surface area contributed by atoms with Crippen molar-refractivity contribution < 1.29 is 14.0 Å². The SMILES string of the molecule is Cc1nn(CCNC(=O)[C@H]2CC(=O)N(c3cccc(F)c3)C2)c(C)c1-c1ccsc1. The molecule has 1 atom stereocenters. The summed E-state index contributed by atoms with van der Waals surface area (Å²) >= 11 is 1.65. The van der Waals surface area contributed by atoms with E-state index in [-0.39, 0.29) is 24.8 Å². The molecular formula is C22H23FN4O2S. The van der Waals surface area contributed by atoms with E-state index in [4.69, 9.17) is 0 Å². The molecule has 0 spiro atoms. The number of carbonyl (C=O) groups excluding carboxylic acids is 2. The molecule has 1 saturated heterocycles. The first-order valence-electron chi connectivity index (χ1n) is 9.84. The van der Waals surface area contributed by atoms with E-state index in [9.17, 15) is 14.0 Å². The molecule has 8 heteroatoms. The predicted octanol–water partition coefficient (Wildman–Crippen LogP) is 3.54. The number of hydrogen-bond donors (Lipinski definition) is 1. The van der Waals surface area contributed by atoms with E-state index >= 15 is 0 Å². The van der Waals surface area contributed by atoms with Crippen molar-refractivity contribution in [3.63, 3.8) is 0 Å². The Bertz CT molecular complexity index is 1080. The van der Waals surface area contributed by atoms with Gasteiger partial charge in [0.25, 0.3) is 0 Å². The second-order valence-electron chi connectivity index (χ2n) is 7.46. The minimum atomic E-state index is -0.442. The highest BCUT2D eigenvalue weighted by Gasteiger charge is 2.35. The summed E-state index contributed by atoms with van der Waals surface area (Å²) in [7, 11) is 0. The van der Waals surface area contributed by atoms with Gasteiger partial charge in [-0.2, -0.15) is 16.4 Å². The molecule has 30 heavy (non-hydrogen) atoms. The Hall–Kier alpha value is -3.00. The topological polar surface area (TPSA) is 67.2 Å². The fraction of sp³-hybridized carbons (Fsp3) is 0.318. The lowest BCUT2D eigenvalue weighted by molar-refractivity contribution is -0.126. The second kappa shape index (κ2) is 8.39. The number of amides is 2. The van der Waals surface area contributed by atoms with Crippen LogP contribution in [0.1, 0.15) is 17.8 Å². The maximum atomic E-state index is 13.5. The minimum Gasteiger partial charge on any atom is -0.354 e. The lowest BCUT2D eigenvalue weighted by Crippen LogP contribution is -2.35. The van der Waals surface area contributed by atoms with E-state index in [2.05, 4.69) is 21.9 Å². The molecule has 0 radical (unpaired) electrons. The Morgan fingerprint density at radius 2 is 2.17 bits per heavy atom. The standard InChI is InChI=1S/C22H23FN4O2S/c1-14-21(16-6-9-30-13-16)15(2)27(25-14)8-7-24-22(29)17-10-20(28)26(12-17)19-5-3-4-18(23)11-19/h3-6,9,11,13,17H,7-8,10,12H2,1-2H3,(H,24,29)/t17-/m0/s1. The number of aromatic nitrogens is 2. The predicted molar refractivity (Wildman–Crippen MR) is 115 cm³/mol. The highest BCUT2D eigenvalue weighted by atomic mass is 32.1. The third-order valence-corrected chi connectivity index (χ3v) is 6.11. The second-order valence-corrected chi connectivity index (χ2v) is 8.24. The van der Waals surface area contributed by atoms with Gasteiger partial charge in [0.15, 0.2) is 0 Å². The number of benzene rings is 1. The summed E-state index contributed by atoms with van der Waals surface area (Å²) in [4.78, 5) is 26.4. The van der Waals surface area contributed by atoms with Crippen molar-refractivity contribution >= 4 is 28.8 Å². The number of aryl methyl sites for hydroxylation is 1. The Balaban J connectivity index is 1.35. The van der Waals surface area contributed by atoms with E-state index in [1.165, 1.54) is 17.0 Å². The molecule has 3 heterocycles. The van der Waals surface area contributed by atoms with Gasteiger partial charge in [0.05, 0.1) is 18.2 Å². The molecule has 1 aliphatic rings. The molecule has 4 rings (SSSR count). The summed E-state index contributed by atoms with van der Waals surface area (Å²) in [6, 6.07) is 7.96. The van der Waals surface area contributed by atoms with Crippen LogP contribution in [0.2, 0.25) is 0 Å². The average molecular weight is 427 g/mol. The van der Waals surface area contributed by atoms with Crippen molar-refractivity contribution in [2.45, 2.75) is 26.8 Å². The molecule has 1 aliphatic heterocycles. The van der Waals surface area contributed by atoms with Crippen molar-refractivity contribution in [2.75, 3.05) is 18.0 Å². The smallest absolute Gasteiger partial charge is 0.227 e. The van der Waals surface area contributed by atoms with Crippen LogP contribution in [-0.2, 0) is 16.1 Å². The number of nitrogens with one attached hydrogen (secondary N) is 1. The van der Waals surface area contributed by atoms with Gasteiger partial charge in [-0.25, -0.2) is 4.39 Å². The molecular weight excluding hydrogens is 403 g/mol. The summed E-state index contributed by atoms with van der Waals surface area (Å²) in [5, 5.41) is 11.7. The van der Waals surface area contributed by atoms with Gasteiger partial charge in [-0.1, -0.05) is 6.07 Å². The number of hydrogen-bond acceptors (Lipinski definition) is 4.